The van der Waals surface area contributed by atoms with Crippen molar-refractivity contribution in [2.75, 3.05) is 25.5 Å². The van der Waals surface area contributed by atoms with Crippen LogP contribution in [0.25, 0.3) is 0 Å². The molecule has 1 aromatic heterocycles. The standard InChI is InChI=1S/C18H25BrN4O/c1-12(2)16-15(19)17(22-21-16)18(24)20-11-5-6-13-7-9-14(10-8-13)23(3)4/h7-10,12H,5-6,11H2,1-4H3,(H,20,24)(H,21,22). The van der Waals surface area contributed by atoms with Crippen LogP contribution >= 0.6 is 15.9 Å². The van der Waals surface area contributed by atoms with E-state index in [4.69, 9.17) is 0 Å². The molecule has 24 heavy (non-hydrogen) atoms. The Hall–Kier alpha value is -1.82. The summed E-state index contributed by atoms with van der Waals surface area (Å²) < 4.78 is 0.759. The van der Waals surface area contributed by atoms with Gasteiger partial charge in [0, 0.05) is 26.3 Å². The Morgan fingerprint density at radius 1 is 1.29 bits per heavy atom. The molecule has 0 spiro atoms. The number of benzene rings is 1. The molecule has 0 atom stereocenters. The van der Waals surface area contributed by atoms with Crippen LogP contribution in [0.5, 0.6) is 0 Å². The molecule has 0 radical (unpaired) electrons. The molecule has 0 aliphatic rings. The van der Waals surface area contributed by atoms with E-state index in [1.165, 1.54) is 11.3 Å². The maximum atomic E-state index is 12.2. The topological polar surface area (TPSA) is 61.0 Å². The highest BCUT2D eigenvalue weighted by Crippen LogP contribution is 2.25. The lowest BCUT2D eigenvalue weighted by molar-refractivity contribution is 0.0947. The van der Waals surface area contributed by atoms with Crippen molar-refractivity contribution in [2.45, 2.75) is 32.6 Å². The fraction of sp³-hybridized carbons (Fsp3) is 0.444. The maximum absolute atomic E-state index is 12.2. The minimum atomic E-state index is -0.145. The third kappa shape index (κ3) is 4.60. The van der Waals surface area contributed by atoms with Crippen LogP contribution in [0, 0.1) is 0 Å². The zero-order chi connectivity index (χ0) is 17.7. The van der Waals surface area contributed by atoms with Gasteiger partial charge in [0.1, 0.15) is 0 Å². The van der Waals surface area contributed by atoms with Crippen molar-refractivity contribution in [3.8, 4) is 0 Å². The maximum Gasteiger partial charge on any atom is 0.272 e. The Kier molecular flexibility index (Phi) is 6.43. The van der Waals surface area contributed by atoms with Crippen LogP contribution in [0.4, 0.5) is 5.69 Å². The summed E-state index contributed by atoms with van der Waals surface area (Å²) >= 11 is 3.46. The summed E-state index contributed by atoms with van der Waals surface area (Å²) in [6.45, 7) is 4.74. The van der Waals surface area contributed by atoms with Gasteiger partial charge in [-0.25, -0.2) is 0 Å². The Bertz CT molecular complexity index is 677. The average Bonchev–Trinajstić information content (AvgIpc) is 2.93. The summed E-state index contributed by atoms with van der Waals surface area (Å²) in [6.07, 6.45) is 1.83. The van der Waals surface area contributed by atoms with E-state index in [1.54, 1.807) is 0 Å². The number of rotatable bonds is 7. The molecule has 5 nitrogen and oxygen atoms in total. The molecule has 0 saturated heterocycles. The van der Waals surface area contributed by atoms with Gasteiger partial charge in [-0.05, 0) is 52.4 Å². The highest BCUT2D eigenvalue weighted by atomic mass is 79.9. The lowest BCUT2D eigenvalue weighted by Crippen LogP contribution is -2.25. The molecule has 0 bridgehead atoms. The number of aromatic amines is 1. The molecule has 0 saturated carbocycles. The van der Waals surface area contributed by atoms with Crippen molar-refractivity contribution in [2.24, 2.45) is 0 Å². The van der Waals surface area contributed by atoms with Crippen molar-refractivity contribution in [3.05, 3.63) is 45.7 Å². The number of anilines is 1. The fourth-order valence-electron chi connectivity index (χ4n) is 2.41. The molecule has 1 heterocycles. The number of nitrogens with one attached hydrogen (secondary N) is 2. The summed E-state index contributed by atoms with van der Waals surface area (Å²) in [5.74, 6) is 0.145. The van der Waals surface area contributed by atoms with Crippen LogP contribution in [0.1, 0.15) is 47.9 Å². The van der Waals surface area contributed by atoms with Gasteiger partial charge in [0.15, 0.2) is 5.69 Å². The number of nitrogens with zero attached hydrogens (tertiary/aromatic N) is 2. The lowest BCUT2D eigenvalue weighted by Gasteiger charge is -2.12. The predicted octanol–water partition coefficient (Wildman–Crippen LogP) is 3.72. The first-order valence-electron chi connectivity index (χ1n) is 8.18. The highest BCUT2D eigenvalue weighted by Gasteiger charge is 2.18. The fourth-order valence-corrected chi connectivity index (χ4v) is 3.23. The van der Waals surface area contributed by atoms with Gasteiger partial charge in [-0.1, -0.05) is 26.0 Å². The lowest BCUT2D eigenvalue weighted by atomic mass is 10.1. The first kappa shape index (κ1) is 18.5. The molecule has 2 N–H and O–H groups in total. The smallest absolute Gasteiger partial charge is 0.272 e. The van der Waals surface area contributed by atoms with Crippen molar-refractivity contribution in [1.29, 1.82) is 0 Å². The first-order chi connectivity index (χ1) is 11.4. The highest BCUT2D eigenvalue weighted by molar-refractivity contribution is 9.10. The number of carbonyl (C=O) groups excluding carboxylic acids is 1. The van der Waals surface area contributed by atoms with Crippen LogP contribution in [0.3, 0.4) is 0 Å². The number of amides is 1. The minimum absolute atomic E-state index is 0.145. The molecule has 2 aromatic rings. The van der Waals surface area contributed by atoms with Crippen LogP contribution in [-0.2, 0) is 6.42 Å². The van der Waals surface area contributed by atoms with Gasteiger partial charge in [0.25, 0.3) is 5.91 Å². The van der Waals surface area contributed by atoms with Crippen molar-refractivity contribution in [1.82, 2.24) is 15.5 Å². The Labute approximate surface area is 152 Å². The summed E-state index contributed by atoms with van der Waals surface area (Å²) in [5, 5.41) is 9.97. The van der Waals surface area contributed by atoms with Crippen molar-refractivity contribution < 1.29 is 4.79 Å². The number of carbonyl (C=O) groups is 1. The van der Waals surface area contributed by atoms with Crippen LogP contribution in [-0.4, -0.2) is 36.7 Å². The van der Waals surface area contributed by atoms with Gasteiger partial charge < -0.3 is 10.2 Å². The third-order valence-electron chi connectivity index (χ3n) is 3.91. The minimum Gasteiger partial charge on any atom is -0.378 e. The van der Waals surface area contributed by atoms with Gasteiger partial charge >= 0.3 is 0 Å². The van der Waals surface area contributed by atoms with Crippen LogP contribution in [0.15, 0.2) is 28.7 Å². The van der Waals surface area contributed by atoms with E-state index in [-0.39, 0.29) is 5.91 Å². The summed E-state index contributed by atoms with van der Waals surface area (Å²) in [6, 6.07) is 8.50. The zero-order valence-electron chi connectivity index (χ0n) is 14.7. The second-order valence-electron chi connectivity index (χ2n) is 6.37. The van der Waals surface area contributed by atoms with E-state index in [9.17, 15) is 4.79 Å². The summed E-state index contributed by atoms with van der Waals surface area (Å²) in [4.78, 5) is 14.3. The monoisotopic (exact) mass is 392 g/mol. The predicted molar refractivity (Wildman–Crippen MR) is 102 cm³/mol. The van der Waals surface area contributed by atoms with Crippen LogP contribution < -0.4 is 10.2 Å². The normalized spacial score (nSPS) is 10.9. The summed E-state index contributed by atoms with van der Waals surface area (Å²) in [5.41, 5.74) is 3.84. The molecule has 6 heteroatoms. The van der Waals surface area contributed by atoms with Gasteiger partial charge in [-0.3, -0.25) is 9.89 Å². The molecule has 2 rings (SSSR count). The van der Waals surface area contributed by atoms with Gasteiger partial charge in [0.05, 0.1) is 10.2 Å². The molecule has 1 aromatic carbocycles. The number of aryl methyl sites for hydroxylation is 1. The largest absolute Gasteiger partial charge is 0.378 e. The molecule has 0 aliphatic carbocycles. The molecule has 130 valence electrons. The quantitative estimate of drug-likeness (QED) is 0.705. The first-order valence-corrected chi connectivity index (χ1v) is 8.97. The van der Waals surface area contributed by atoms with E-state index < -0.39 is 0 Å². The van der Waals surface area contributed by atoms with Crippen LogP contribution in [0.2, 0.25) is 0 Å². The van der Waals surface area contributed by atoms with E-state index >= 15 is 0 Å². The second kappa shape index (κ2) is 8.33. The molecule has 0 unspecified atom stereocenters. The molecule has 0 aliphatic heterocycles. The van der Waals surface area contributed by atoms with Crippen molar-refractivity contribution >= 4 is 27.5 Å². The van der Waals surface area contributed by atoms with E-state index in [1.807, 2.05) is 14.1 Å². The molecule has 1 amide bonds. The van der Waals surface area contributed by atoms with Gasteiger partial charge in [0.2, 0.25) is 0 Å². The number of hydrogen-bond acceptors (Lipinski definition) is 3. The van der Waals surface area contributed by atoms with Gasteiger partial charge in [-0.15, -0.1) is 0 Å². The summed E-state index contributed by atoms with van der Waals surface area (Å²) in [7, 11) is 4.06. The Balaban J connectivity index is 1.80. The zero-order valence-corrected chi connectivity index (χ0v) is 16.3. The van der Waals surface area contributed by atoms with Gasteiger partial charge in [-0.2, -0.15) is 5.10 Å². The average molecular weight is 393 g/mol. The Morgan fingerprint density at radius 3 is 2.50 bits per heavy atom. The van der Waals surface area contributed by atoms with Crippen molar-refractivity contribution in [3.63, 3.8) is 0 Å². The molecule has 0 fully saturated rings. The molecular formula is C18H25BrN4O. The number of hydrogen-bond donors (Lipinski definition) is 2. The Morgan fingerprint density at radius 2 is 1.96 bits per heavy atom. The van der Waals surface area contributed by atoms with E-state index in [2.05, 4.69) is 74.5 Å². The second-order valence-corrected chi connectivity index (χ2v) is 7.17. The SMILES string of the molecule is CC(C)c1[nH]nc(C(=O)NCCCc2ccc(N(C)C)cc2)c1Br. The third-order valence-corrected chi connectivity index (χ3v) is 4.71. The van der Waals surface area contributed by atoms with E-state index in [0.29, 0.717) is 18.2 Å². The molecular weight excluding hydrogens is 368 g/mol. The number of aromatic nitrogens is 2. The number of halogens is 1. The van der Waals surface area contributed by atoms with E-state index in [0.717, 1.165) is 23.0 Å². The number of H-pyrrole nitrogens is 1.